The van der Waals surface area contributed by atoms with Gasteiger partial charge >= 0.3 is 6.09 Å². The Labute approximate surface area is 149 Å². The molecule has 0 radical (unpaired) electrons. The summed E-state index contributed by atoms with van der Waals surface area (Å²) in [4.78, 5) is 11.2. The highest BCUT2D eigenvalue weighted by atomic mass is 33.1. The van der Waals surface area contributed by atoms with Gasteiger partial charge in [0.15, 0.2) is 17.4 Å². The molecule has 5 nitrogen and oxygen atoms in total. The van der Waals surface area contributed by atoms with E-state index in [1.807, 2.05) is 0 Å². The Morgan fingerprint density at radius 3 is 2.28 bits per heavy atom. The number of halogens is 4. The van der Waals surface area contributed by atoms with Crippen LogP contribution in [-0.4, -0.2) is 48.1 Å². The Morgan fingerprint density at radius 2 is 1.72 bits per heavy atom. The van der Waals surface area contributed by atoms with Gasteiger partial charge in [0.2, 0.25) is 11.6 Å². The normalized spacial score (nSPS) is 10.6. The number of hydrogen-bond donors (Lipinski definition) is 1. The summed E-state index contributed by atoms with van der Waals surface area (Å²) in [5.41, 5.74) is -0.729. The van der Waals surface area contributed by atoms with Gasteiger partial charge in [-0.1, -0.05) is 21.6 Å². The van der Waals surface area contributed by atoms with Gasteiger partial charge in [-0.2, -0.15) is 13.9 Å². The van der Waals surface area contributed by atoms with Crippen molar-refractivity contribution in [2.75, 3.05) is 25.2 Å². The van der Waals surface area contributed by atoms with Crippen LogP contribution in [0.25, 0.3) is 0 Å². The molecule has 0 spiro atoms. The highest BCUT2D eigenvalue weighted by molar-refractivity contribution is 8.76. The van der Waals surface area contributed by atoms with Crippen molar-refractivity contribution in [3.05, 3.63) is 28.8 Å². The zero-order valence-corrected chi connectivity index (χ0v) is 14.9. The first-order valence-electron chi connectivity index (χ1n) is 6.96. The van der Waals surface area contributed by atoms with E-state index < -0.39 is 40.7 Å². The van der Waals surface area contributed by atoms with Crippen molar-refractivity contribution in [1.82, 2.24) is 5.01 Å². The van der Waals surface area contributed by atoms with Gasteiger partial charge in [0.25, 0.3) is 0 Å². The molecule has 25 heavy (non-hydrogen) atoms. The van der Waals surface area contributed by atoms with E-state index in [9.17, 15) is 22.4 Å². The number of benzene rings is 1. The van der Waals surface area contributed by atoms with Crippen LogP contribution >= 0.6 is 21.6 Å². The first kappa shape index (κ1) is 21.4. The van der Waals surface area contributed by atoms with E-state index in [4.69, 9.17) is 9.84 Å². The number of hydrogen-bond acceptors (Lipinski definition) is 6. The molecule has 0 heterocycles. The zero-order valence-electron chi connectivity index (χ0n) is 13.2. The molecule has 0 aromatic heterocycles. The van der Waals surface area contributed by atoms with E-state index >= 15 is 0 Å². The topological polar surface area (TPSA) is 62.1 Å². The third kappa shape index (κ3) is 5.99. The molecule has 1 aromatic carbocycles. The van der Waals surface area contributed by atoms with Gasteiger partial charge in [-0.05, 0) is 12.8 Å². The van der Waals surface area contributed by atoms with Crippen molar-refractivity contribution in [3.63, 3.8) is 0 Å². The number of nitrogens with zero attached hydrogens (tertiary/aromatic N) is 2. The predicted octanol–water partition coefficient (Wildman–Crippen LogP) is 3.95. The van der Waals surface area contributed by atoms with Crippen LogP contribution in [0.5, 0.6) is 5.75 Å². The number of ether oxygens (including phenoxy) is 1. The van der Waals surface area contributed by atoms with Crippen molar-refractivity contribution >= 4 is 34.4 Å². The molecule has 0 aliphatic heterocycles. The van der Waals surface area contributed by atoms with Crippen molar-refractivity contribution in [3.8, 4) is 5.75 Å². The van der Waals surface area contributed by atoms with E-state index in [1.54, 1.807) is 0 Å². The van der Waals surface area contributed by atoms with Gasteiger partial charge in [-0.15, -0.1) is 0 Å². The standard InChI is InChI=1S/C14H16F4N2O3S2/c1-19-20(2)14(22)23-5-7-25-24-6-3-4-8-9(15)11(17)13(21)12(18)10(8)16/h21H,1,3-7H2,2H3. The number of carbonyl (C=O) groups is 1. The SMILES string of the molecule is C=NN(C)C(=O)OCCSSCCCc1c(F)c(F)c(O)c(F)c1F. The monoisotopic (exact) mass is 400 g/mol. The van der Waals surface area contributed by atoms with Crippen LogP contribution in [0.2, 0.25) is 0 Å². The molecule has 1 N–H and O–H groups in total. The second-order valence-corrected chi connectivity index (χ2v) is 7.31. The van der Waals surface area contributed by atoms with Crippen LogP contribution in [0.1, 0.15) is 12.0 Å². The Hall–Kier alpha value is -1.62. The first-order chi connectivity index (χ1) is 11.8. The van der Waals surface area contributed by atoms with Crippen molar-refractivity contribution in [2.24, 2.45) is 5.10 Å². The number of aromatic hydroxyl groups is 1. The van der Waals surface area contributed by atoms with Crippen LogP contribution in [0.15, 0.2) is 5.10 Å². The number of phenols is 1. The molecule has 0 saturated heterocycles. The summed E-state index contributed by atoms with van der Waals surface area (Å²) in [5, 5.41) is 13.2. The fourth-order valence-electron chi connectivity index (χ4n) is 1.62. The summed E-state index contributed by atoms with van der Waals surface area (Å²) in [5.74, 6) is -7.48. The third-order valence-corrected chi connectivity index (χ3v) is 5.39. The number of hydrazone groups is 1. The minimum atomic E-state index is -1.79. The lowest BCUT2D eigenvalue weighted by Crippen LogP contribution is -2.22. The number of phenolic OH excluding ortho intramolecular Hbond substituents is 1. The van der Waals surface area contributed by atoms with E-state index in [0.29, 0.717) is 11.5 Å². The van der Waals surface area contributed by atoms with Crippen molar-refractivity contribution in [2.45, 2.75) is 12.8 Å². The molecule has 1 aromatic rings. The molecule has 0 aliphatic carbocycles. The van der Waals surface area contributed by atoms with E-state index in [-0.39, 0.29) is 19.4 Å². The van der Waals surface area contributed by atoms with Crippen molar-refractivity contribution < 1.29 is 32.2 Å². The van der Waals surface area contributed by atoms with E-state index in [1.165, 1.54) is 28.6 Å². The maximum absolute atomic E-state index is 13.5. The number of rotatable bonds is 9. The quantitative estimate of drug-likeness (QED) is 0.170. The molecular weight excluding hydrogens is 384 g/mol. The van der Waals surface area contributed by atoms with E-state index in [2.05, 4.69) is 11.8 Å². The Balaban J connectivity index is 2.29. The summed E-state index contributed by atoms with van der Waals surface area (Å²) in [7, 11) is 4.11. The minimum Gasteiger partial charge on any atom is -0.503 e. The van der Waals surface area contributed by atoms with Gasteiger partial charge in [-0.25, -0.2) is 18.6 Å². The molecule has 0 aliphatic rings. The van der Waals surface area contributed by atoms with Crippen LogP contribution in [-0.2, 0) is 11.2 Å². The van der Waals surface area contributed by atoms with Gasteiger partial charge in [0.1, 0.15) is 6.61 Å². The molecule has 140 valence electrons. The molecule has 11 heteroatoms. The zero-order chi connectivity index (χ0) is 19.0. The second kappa shape index (κ2) is 10.4. The predicted molar refractivity (Wildman–Crippen MR) is 89.8 cm³/mol. The molecule has 0 saturated carbocycles. The Bertz CT molecular complexity index is 606. The molecule has 0 fully saturated rings. The maximum atomic E-state index is 13.5. The third-order valence-electron chi connectivity index (χ3n) is 2.94. The van der Waals surface area contributed by atoms with Crippen LogP contribution in [0, 0.1) is 23.3 Å². The van der Waals surface area contributed by atoms with E-state index in [0.717, 1.165) is 5.01 Å². The molecule has 0 bridgehead atoms. The molecule has 0 atom stereocenters. The molecular formula is C14H16F4N2O3S2. The lowest BCUT2D eigenvalue weighted by Gasteiger charge is -2.10. The van der Waals surface area contributed by atoms with Gasteiger partial charge in [0.05, 0.1) is 0 Å². The summed E-state index contributed by atoms with van der Waals surface area (Å²) >= 11 is 0. The first-order valence-corrected chi connectivity index (χ1v) is 9.45. The lowest BCUT2D eigenvalue weighted by molar-refractivity contribution is 0.119. The number of amides is 1. The fraction of sp³-hybridized carbons (Fsp3) is 0.429. The Kier molecular flexibility index (Phi) is 8.90. The van der Waals surface area contributed by atoms with Gasteiger partial charge in [-0.3, -0.25) is 0 Å². The highest BCUT2D eigenvalue weighted by Crippen LogP contribution is 2.30. The van der Waals surface area contributed by atoms with Crippen molar-refractivity contribution in [1.29, 1.82) is 0 Å². The summed E-state index contributed by atoms with van der Waals surface area (Å²) < 4.78 is 58.3. The summed E-state index contributed by atoms with van der Waals surface area (Å²) in [6.45, 7) is 3.31. The van der Waals surface area contributed by atoms with Crippen LogP contribution in [0.3, 0.4) is 0 Å². The molecule has 0 unspecified atom stereocenters. The smallest absolute Gasteiger partial charge is 0.430 e. The maximum Gasteiger partial charge on any atom is 0.430 e. The largest absolute Gasteiger partial charge is 0.503 e. The molecule has 1 rings (SSSR count). The van der Waals surface area contributed by atoms with Crippen LogP contribution in [0.4, 0.5) is 22.4 Å². The summed E-state index contributed by atoms with van der Waals surface area (Å²) in [6.07, 6.45) is -0.592. The second-order valence-electron chi connectivity index (χ2n) is 4.61. The van der Waals surface area contributed by atoms with Crippen LogP contribution < -0.4 is 0 Å². The molecule has 1 amide bonds. The summed E-state index contributed by atoms with van der Waals surface area (Å²) in [6, 6.07) is 0. The average molecular weight is 400 g/mol. The highest BCUT2D eigenvalue weighted by Gasteiger charge is 2.24. The van der Waals surface area contributed by atoms with Gasteiger partial charge < -0.3 is 9.84 Å². The Morgan fingerprint density at radius 1 is 1.16 bits per heavy atom. The minimum absolute atomic E-state index is 0.147. The lowest BCUT2D eigenvalue weighted by atomic mass is 10.1. The van der Waals surface area contributed by atoms with Gasteiger partial charge in [0, 0.05) is 30.8 Å². The average Bonchev–Trinajstić information content (AvgIpc) is 2.61. The fourth-order valence-corrected chi connectivity index (χ4v) is 3.54. The number of carbonyl (C=O) groups excluding carboxylic acids is 1.